The predicted octanol–water partition coefficient (Wildman–Crippen LogP) is 3.88. The number of ether oxygens (including phenoxy) is 2. The van der Waals surface area contributed by atoms with Gasteiger partial charge in [0.2, 0.25) is 0 Å². The summed E-state index contributed by atoms with van der Waals surface area (Å²) in [7, 11) is 1.40. The number of carbonyl (C=O) groups excluding carboxylic acids is 1. The topological polar surface area (TPSA) is 40.5 Å². The minimum Gasteiger partial charge on any atom is -0.488 e. The molecular formula is C20H17NO3. The van der Waals surface area contributed by atoms with Crippen LogP contribution in [0.15, 0.2) is 60.8 Å². The molecule has 3 aromatic rings. The van der Waals surface area contributed by atoms with E-state index in [1.165, 1.54) is 12.7 Å². The highest BCUT2D eigenvalue weighted by molar-refractivity contribution is 5.94. The number of aromatic nitrogens is 1. The second-order valence-corrected chi connectivity index (χ2v) is 5.76. The molecule has 0 atom stereocenters. The van der Waals surface area contributed by atoms with Crippen LogP contribution in [0, 0.1) is 0 Å². The van der Waals surface area contributed by atoms with E-state index in [2.05, 4.69) is 16.7 Å². The number of fused-ring (bicyclic) bond motifs is 3. The van der Waals surface area contributed by atoms with Crippen molar-refractivity contribution in [1.29, 1.82) is 0 Å². The van der Waals surface area contributed by atoms with E-state index in [4.69, 9.17) is 9.47 Å². The summed E-state index contributed by atoms with van der Waals surface area (Å²) in [4.78, 5) is 12.2. The molecule has 4 heteroatoms. The lowest BCUT2D eigenvalue weighted by molar-refractivity contribution is 0.0598. The van der Waals surface area contributed by atoms with Gasteiger partial charge in [-0.2, -0.15) is 0 Å². The van der Waals surface area contributed by atoms with Gasteiger partial charge >= 0.3 is 5.97 Å². The fourth-order valence-electron chi connectivity index (χ4n) is 3.19. The van der Waals surface area contributed by atoms with Gasteiger partial charge in [0.25, 0.3) is 0 Å². The maximum atomic E-state index is 12.2. The van der Waals surface area contributed by atoms with Gasteiger partial charge in [-0.25, -0.2) is 4.79 Å². The minimum absolute atomic E-state index is 0.332. The normalized spacial score (nSPS) is 12.0. The predicted molar refractivity (Wildman–Crippen MR) is 91.1 cm³/mol. The third kappa shape index (κ3) is 2.36. The van der Waals surface area contributed by atoms with Gasteiger partial charge < -0.3 is 14.0 Å². The lowest BCUT2D eigenvalue weighted by Crippen LogP contribution is -2.10. The first-order valence-electron chi connectivity index (χ1n) is 7.84. The second-order valence-electron chi connectivity index (χ2n) is 5.76. The number of methoxy groups -OCH3 is 1. The molecule has 0 aliphatic carbocycles. The van der Waals surface area contributed by atoms with Crippen molar-refractivity contribution in [2.24, 2.45) is 0 Å². The van der Waals surface area contributed by atoms with Crippen molar-refractivity contribution >= 4 is 5.97 Å². The van der Waals surface area contributed by atoms with Crippen LogP contribution in [-0.4, -0.2) is 17.6 Å². The van der Waals surface area contributed by atoms with Gasteiger partial charge in [0.1, 0.15) is 12.4 Å². The van der Waals surface area contributed by atoms with Gasteiger partial charge in [0.15, 0.2) is 0 Å². The molecule has 0 saturated heterocycles. The van der Waals surface area contributed by atoms with Gasteiger partial charge in [-0.3, -0.25) is 0 Å². The zero-order valence-corrected chi connectivity index (χ0v) is 13.4. The van der Waals surface area contributed by atoms with Crippen LogP contribution in [0.1, 0.15) is 21.5 Å². The summed E-state index contributed by atoms with van der Waals surface area (Å²) < 4.78 is 12.9. The first-order valence-corrected chi connectivity index (χ1v) is 7.84. The third-order valence-electron chi connectivity index (χ3n) is 4.30. The Morgan fingerprint density at radius 2 is 1.88 bits per heavy atom. The molecule has 4 rings (SSSR count). The van der Waals surface area contributed by atoms with Crippen LogP contribution in [0.3, 0.4) is 0 Å². The van der Waals surface area contributed by atoms with Crippen LogP contribution in [0.5, 0.6) is 5.75 Å². The van der Waals surface area contributed by atoms with E-state index in [-0.39, 0.29) is 5.97 Å². The Hall–Kier alpha value is -3.01. The van der Waals surface area contributed by atoms with E-state index in [0.29, 0.717) is 18.7 Å². The van der Waals surface area contributed by atoms with Crippen molar-refractivity contribution in [2.45, 2.75) is 13.2 Å². The average Bonchev–Trinajstić information content (AvgIpc) is 3.01. The molecule has 1 aromatic heterocycles. The van der Waals surface area contributed by atoms with Crippen LogP contribution < -0.4 is 4.74 Å². The SMILES string of the molecule is COC(=O)c1cn(Cc2ccccc2)c2c1COc1ccccc1-2. The molecule has 0 N–H and O–H groups in total. The van der Waals surface area contributed by atoms with Crippen molar-refractivity contribution < 1.29 is 14.3 Å². The van der Waals surface area contributed by atoms with Crippen LogP contribution in [0.2, 0.25) is 0 Å². The fourth-order valence-corrected chi connectivity index (χ4v) is 3.19. The molecule has 4 nitrogen and oxygen atoms in total. The van der Waals surface area contributed by atoms with Gasteiger partial charge in [0, 0.05) is 23.9 Å². The van der Waals surface area contributed by atoms with E-state index >= 15 is 0 Å². The number of hydrogen-bond donors (Lipinski definition) is 0. The van der Waals surface area contributed by atoms with Crippen LogP contribution in [0.4, 0.5) is 0 Å². The molecule has 0 fully saturated rings. The fraction of sp³-hybridized carbons (Fsp3) is 0.150. The molecule has 1 aliphatic heterocycles. The number of hydrogen-bond acceptors (Lipinski definition) is 3. The summed E-state index contributed by atoms with van der Waals surface area (Å²) in [5.41, 5.74) is 4.66. The number of esters is 1. The third-order valence-corrected chi connectivity index (χ3v) is 4.30. The van der Waals surface area contributed by atoms with Crippen LogP contribution in [0.25, 0.3) is 11.3 Å². The molecule has 120 valence electrons. The van der Waals surface area contributed by atoms with Gasteiger partial charge in [0.05, 0.1) is 18.4 Å². The van der Waals surface area contributed by atoms with E-state index < -0.39 is 0 Å². The standard InChI is InChI=1S/C20H17NO3/c1-23-20(22)16-12-21(11-14-7-3-2-4-8-14)19-15-9-5-6-10-18(15)24-13-17(16)19/h2-10,12H,11,13H2,1H3. The Kier molecular flexibility index (Phi) is 3.58. The van der Waals surface area contributed by atoms with Crippen molar-refractivity contribution in [3.8, 4) is 17.0 Å². The van der Waals surface area contributed by atoms with Crippen molar-refractivity contribution in [3.05, 3.63) is 77.5 Å². The van der Waals surface area contributed by atoms with Gasteiger partial charge in [-0.05, 0) is 17.7 Å². The molecule has 0 spiro atoms. The summed E-state index contributed by atoms with van der Waals surface area (Å²) in [5, 5.41) is 0. The molecule has 0 saturated carbocycles. The summed E-state index contributed by atoms with van der Waals surface area (Å²) in [6, 6.07) is 18.1. The Bertz CT molecular complexity index is 897. The number of benzene rings is 2. The smallest absolute Gasteiger partial charge is 0.339 e. The molecule has 2 aromatic carbocycles. The van der Waals surface area contributed by atoms with Crippen molar-refractivity contribution in [1.82, 2.24) is 4.57 Å². The maximum absolute atomic E-state index is 12.2. The highest BCUT2D eigenvalue weighted by Gasteiger charge is 2.27. The quantitative estimate of drug-likeness (QED) is 0.688. The van der Waals surface area contributed by atoms with Crippen molar-refractivity contribution in [2.75, 3.05) is 7.11 Å². The summed E-state index contributed by atoms with van der Waals surface area (Å²) in [5.74, 6) is 0.509. The van der Waals surface area contributed by atoms with Crippen molar-refractivity contribution in [3.63, 3.8) is 0 Å². The molecule has 0 radical (unpaired) electrons. The number of rotatable bonds is 3. The van der Waals surface area contributed by atoms with Crippen LogP contribution in [-0.2, 0) is 17.9 Å². The second kappa shape index (κ2) is 5.89. The number of nitrogens with zero attached hydrogens (tertiary/aromatic N) is 1. The van der Waals surface area contributed by atoms with E-state index in [0.717, 1.165) is 22.6 Å². The maximum Gasteiger partial charge on any atom is 0.339 e. The number of carbonyl (C=O) groups is 1. The zero-order valence-electron chi connectivity index (χ0n) is 13.4. The Balaban J connectivity index is 1.88. The van der Waals surface area contributed by atoms with E-state index in [1.807, 2.05) is 48.7 Å². The van der Waals surface area contributed by atoms with E-state index in [1.54, 1.807) is 0 Å². The molecule has 24 heavy (non-hydrogen) atoms. The number of para-hydroxylation sites is 1. The lowest BCUT2D eigenvalue weighted by atomic mass is 10.0. The van der Waals surface area contributed by atoms with Gasteiger partial charge in [-0.1, -0.05) is 42.5 Å². The summed E-state index contributed by atoms with van der Waals surface area (Å²) in [6.45, 7) is 1.06. The van der Waals surface area contributed by atoms with Gasteiger partial charge in [-0.15, -0.1) is 0 Å². The molecule has 2 heterocycles. The molecular weight excluding hydrogens is 302 g/mol. The molecule has 0 unspecified atom stereocenters. The Morgan fingerprint density at radius 3 is 2.67 bits per heavy atom. The lowest BCUT2D eigenvalue weighted by Gasteiger charge is -2.20. The Labute approximate surface area is 140 Å². The molecule has 0 bridgehead atoms. The average molecular weight is 319 g/mol. The van der Waals surface area contributed by atoms with Crippen LogP contribution >= 0.6 is 0 Å². The largest absolute Gasteiger partial charge is 0.488 e. The van der Waals surface area contributed by atoms with E-state index in [9.17, 15) is 4.79 Å². The zero-order chi connectivity index (χ0) is 16.5. The minimum atomic E-state index is -0.332. The molecule has 1 aliphatic rings. The summed E-state index contributed by atoms with van der Waals surface area (Å²) >= 11 is 0. The Morgan fingerprint density at radius 1 is 1.12 bits per heavy atom. The monoisotopic (exact) mass is 319 g/mol. The highest BCUT2D eigenvalue weighted by Crippen LogP contribution is 2.40. The highest BCUT2D eigenvalue weighted by atomic mass is 16.5. The first-order chi connectivity index (χ1) is 11.8. The first kappa shape index (κ1) is 14.6. The molecule has 0 amide bonds. The summed E-state index contributed by atoms with van der Waals surface area (Å²) in [6.07, 6.45) is 1.87.